The van der Waals surface area contributed by atoms with Crippen molar-refractivity contribution in [2.75, 3.05) is 58.9 Å². The Balaban J connectivity index is 0.00000518. The van der Waals surface area contributed by atoms with E-state index in [4.69, 9.17) is 19.3 Å². The SMILES string of the molecule is CCCCCCCCOc1ccc(C(=O)Nc2ccc(C(=O)OCC[N+](C)(CC)CC)cc2)c(OCCCCCCCC)c1.CO. The number of aliphatic hydroxyl groups is 1. The molecule has 0 bridgehead atoms. The zero-order valence-electron chi connectivity index (χ0n) is 29.7. The molecular formula is C38H63N2O6+. The lowest BCUT2D eigenvalue weighted by atomic mass is 10.1. The highest BCUT2D eigenvalue weighted by Crippen LogP contribution is 2.27. The number of nitrogens with one attached hydrogen (secondary N) is 1. The van der Waals surface area contributed by atoms with Crippen LogP contribution in [0.15, 0.2) is 42.5 Å². The van der Waals surface area contributed by atoms with Gasteiger partial charge in [0.15, 0.2) is 0 Å². The van der Waals surface area contributed by atoms with Crippen LogP contribution in [0.2, 0.25) is 0 Å². The Kier molecular flexibility index (Phi) is 22.3. The standard InChI is InChI=1S/C37H58N2O5.CH4O/c1-6-10-12-14-16-18-27-42-33-24-25-34(35(30-33)43-28-19-17-15-13-11-7-2)36(40)38-32-22-20-31(21-23-32)37(41)44-29-26-39(5,8-3)9-4;1-2/h20-25,30H,6-19,26-29H2,1-5H3;2H,1H3/p+1. The predicted octanol–water partition coefficient (Wildman–Crippen LogP) is 8.67. The van der Waals surface area contributed by atoms with Gasteiger partial charge in [-0.2, -0.15) is 0 Å². The fourth-order valence-corrected chi connectivity index (χ4v) is 4.91. The molecule has 260 valence electrons. The van der Waals surface area contributed by atoms with E-state index in [0.717, 1.165) is 56.9 Å². The first-order valence-electron chi connectivity index (χ1n) is 17.6. The van der Waals surface area contributed by atoms with Crippen LogP contribution in [-0.2, 0) is 4.74 Å². The number of nitrogens with zero attached hydrogens (tertiary/aromatic N) is 1. The molecule has 0 aliphatic carbocycles. The molecular weight excluding hydrogens is 580 g/mol. The molecule has 0 radical (unpaired) electrons. The molecule has 0 aliphatic heterocycles. The second-order valence-corrected chi connectivity index (χ2v) is 12.0. The van der Waals surface area contributed by atoms with Gasteiger partial charge in [0.05, 0.1) is 44.5 Å². The van der Waals surface area contributed by atoms with E-state index in [-0.39, 0.29) is 11.9 Å². The number of carbonyl (C=O) groups is 2. The zero-order chi connectivity index (χ0) is 34.0. The molecule has 0 unspecified atom stereocenters. The van der Waals surface area contributed by atoms with Crippen molar-refractivity contribution in [3.05, 3.63) is 53.6 Å². The average molecular weight is 644 g/mol. The number of anilines is 1. The van der Waals surface area contributed by atoms with Crippen LogP contribution in [0.4, 0.5) is 5.69 Å². The minimum atomic E-state index is -0.358. The Bertz CT molecular complexity index is 1090. The van der Waals surface area contributed by atoms with E-state index in [1.807, 2.05) is 12.1 Å². The second kappa shape index (κ2) is 25.0. The third-order valence-electron chi connectivity index (χ3n) is 8.49. The molecule has 0 spiro atoms. The van der Waals surface area contributed by atoms with E-state index in [0.29, 0.717) is 48.1 Å². The number of amides is 1. The van der Waals surface area contributed by atoms with Crippen molar-refractivity contribution in [3.8, 4) is 11.5 Å². The molecule has 8 heteroatoms. The molecule has 46 heavy (non-hydrogen) atoms. The molecule has 1 amide bonds. The maximum atomic E-state index is 13.3. The lowest BCUT2D eigenvalue weighted by Gasteiger charge is -2.31. The molecule has 0 aliphatic rings. The lowest BCUT2D eigenvalue weighted by Crippen LogP contribution is -2.46. The number of carbonyl (C=O) groups excluding carboxylic acids is 2. The monoisotopic (exact) mass is 643 g/mol. The molecule has 2 N–H and O–H groups in total. The van der Waals surface area contributed by atoms with Crippen molar-refractivity contribution >= 4 is 17.6 Å². The minimum absolute atomic E-state index is 0.267. The average Bonchev–Trinajstić information content (AvgIpc) is 3.08. The fraction of sp³-hybridized carbons (Fsp3) is 0.632. The summed E-state index contributed by atoms with van der Waals surface area (Å²) < 4.78 is 18.5. The van der Waals surface area contributed by atoms with Crippen molar-refractivity contribution in [1.29, 1.82) is 0 Å². The molecule has 0 saturated carbocycles. The second-order valence-electron chi connectivity index (χ2n) is 12.0. The molecule has 0 aromatic heterocycles. The van der Waals surface area contributed by atoms with Gasteiger partial charge in [0.2, 0.25) is 0 Å². The molecule has 0 saturated heterocycles. The number of unbranched alkanes of at least 4 members (excludes halogenated alkanes) is 10. The normalized spacial score (nSPS) is 10.9. The molecule has 0 atom stereocenters. The topological polar surface area (TPSA) is 94.1 Å². The third-order valence-corrected chi connectivity index (χ3v) is 8.49. The highest BCUT2D eigenvalue weighted by Gasteiger charge is 2.18. The van der Waals surface area contributed by atoms with Crippen LogP contribution in [0.25, 0.3) is 0 Å². The number of aliphatic hydroxyl groups excluding tert-OH is 1. The van der Waals surface area contributed by atoms with Gasteiger partial charge < -0.3 is 29.1 Å². The summed E-state index contributed by atoms with van der Waals surface area (Å²) in [7, 11) is 3.16. The number of ether oxygens (including phenoxy) is 3. The quantitative estimate of drug-likeness (QED) is 0.0676. The summed E-state index contributed by atoms with van der Waals surface area (Å²) in [5.41, 5.74) is 1.51. The summed E-state index contributed by atoms with van der Waals surface area (Å²) in [6.07, 6.45) is 14.2. The van der Waals surface area contributed by atoms with Crippen molar-refractivity contribution in [2.45, 2.75) is 105 Å². The van der Waals surface area contributed by atoms with Gasteiger partial charge in [0, 0.05) is 18.9 Å². The van der Waals surface area contributed by atoms with Gasteiger partial charge in [-0.05, 0) is 63.1 Å². The van der Waals surface area contributed by atoms with E-state index < -0.39 is 0 Å². The molecule has 0 heterocycles. The van der Waals surface area contributed by atoms with E-state index in [9.17, 15) is 9.59 Å². The minimum Gasteiger partial charge on any atom is -0.493 e. The summed E-state index contributed by atoms with van der Waals surface area (Å²) in [5.74, 6) is 0.620. The van der Waals surface area contributed by atoms with Crippen molar-refractivity contribution in [1.82, 2.24) is 0 Å². The van der Waals surface area contributed by atoms with Crippen LogP contribution in [-0.4, -0.2) is 75.1 Å². The van der Waals surface area contributed by atoms with Gasteiger partial charge in [-0.25, -0.2) is 4.79 Å². The van der Waals surface area contributed by atoms with Gasteiger partial charge in [-0.1, -0.05) is 78.1 Å². The van der Waals surface area contributed by atoms with Crippen LogP contribution < -0.4 is 14.8 Å². The summed E-state index contributed by atoms with van der Waals surface area (Å²) in [6.45, 7) is 13.1. The Labute approximate surface area is 279 Å². The van der Waals surface area contributed by atoms with Crippen LogP contribution in [0.1, 0.15) is 125 Å². The van der Waals surface area contributed by atoms with Gasteiger partial charge in [0.1, 0.15) is 24.7 Å². The van der Waals surface area contributed by atoms with E-state index in [2.05, 4.69) is 40.1 Å². The Morgan fingerprint density at radius 1 is 0.696 bits per heavy atom. The van der Waals surface area contributed by atoms with Crippen molar-refractivity contribution in [3.63, 3.8) is 0 Å². The molecule has 2 aromatic rings. The Morgan fingerprint density at radius 2 is 1.24 bits per heavy atom. The van der Waals surface area contributed by atoms with Crippen molar-refractivity contribution < 1.29 is 33.4 Å². The van der Waals surface area contributed by atoms with E-state index >= 15 is 0 Å². The largest absolute Gasteiger partial charge is 0.493 e. The number of quaternary nitrogens is 1. The predicted molar refractivity (Wildman–Crippen MR) is 189 cm³/mol. The first kappa shape index (κ1) is 40.9. The molecule has 0 fully saturated rings. The molecule has 2 rings (SSSR count). The van der Waals surface area contributed by atoms with Crippen LogP contribution >= 0.6 is 0 Å². The van der Waals surface area contributed by atoms with E-state index in [1.54, 1.807) is 30.3 Å². The number of rotatable bonds is 24. The summed E-state index contributed by atoms with van der Waals surface area (Å²) in [6, 6.07) is 12.3. The maximum absolute atomic E-state index is 13.3. The summed E-state index contributed by atoms with van der Waals surface area (Å²) in [4.78, 5) is 25.9. The zero-order valence-corrected chi connectivity index (χ0v) is 29.7. The highest BCUT2D eigenvalue weighted by atomic mass is 16.5. The van der Waals surface area contributed by atoms with E-state index in [1.165, 1.54) is 51.4 Å². The van der Waals surface area contributed by atoms with Gasteiger partial charge in [0.25, 0.3) is 5.91 Å². The van der Waals surface area contributed by atoms with Crippen LogP contribution in [0.5, 0.6) is 11.5 Å². The van der Waals surface area contributed by atoms with Crippen LogP contribution in [0.3, 0.4) is 0 Å². The first-order chi connectivity index (χ1) is 22.4. The fourth-order valence-electron chi connectivity index (χ4n) is 4.91. The van der Waals surface area contributed by atoms with Gasteiger partial charge >= 0.3 is 5.97 Å². The van der Waals surface area contributed by atoms with Crippen LogP contribution in [0, 0.1) is 0 Å². The summed E-state index contributed by atoms with van der Waals surface area (Å²) in [5, 5.41) is 9.95. The van der Waals surface area contributed by atoms with Gasteiger partial charge in [-0.3, -0.25) is 4.79 Å². The molecule has 8 nitrogen and oxygen atoms in total. The maximum Gasteiger partial charge on any atom is 0.338 e. The Hall–Kier alpha value is -3.10. The number of benzene rings is 2. The number of hydrogen-bond donors (Lipinski definition) is 2. The highest BCUT2D eigenvalue weighted by molar-refractivity contribution is 6.06. The van der Waals surface area contributed by atoms with Gasteiger partial charge in [-0.15, -0.1) is 0 Å². The third kappa shape index (κ3) is 16.5. The first-order valence-corrected chi connectivity index (χ1v) is 17.6. The lowest BCUT2D eigenvalue weighted by molar-refractivity contribution is -0.906. The smallest absolute Gasteiger partial charge is 0.338 e. The van der Waals surface area contributed by atoms with Crippen molar-refractivity contribution in [2.24, 2.45) is 0 Å². The Morgan fingerprint density at radius 3 is 1.80 bits per heavy atom. The number of esters is 1. The number of likely N-dealkylation sites (N-methyl/N-ethyl adjacent to an activating group) is 1. The summed E-state index contributed by atoms with van der Waals surface area (Å²) >= 11 is 0. The molecule has 2 aromatic carbocycles. The number of hydrogen-bond acceptors (Lipinski definition) is 6.